The fourth-order valence-corrected chi connectivity index (χ4v) is 3.13. The Labute approximate surface area is 108 Å². The van der Waals surface area contributed by atoms with Crippen molar-refractivity contribution in [2.45, 2.75) is 52.0 Å². The van der Waals surface area contributed by atoms with Crippen molar-refractivity contribution in [2.75, 3.05) is 0 Å². The van der Waals surface area contributed by atoms with Gasteiger partial charge in [-0.05, 0) is 43.6 Å². The van der Waals surface area contributed by atoms with E-state index in [2.05, 4.69) is 34.6 Å². The number of rotatable bonds is 2. The van der Waals surface area contributed by atoms with Gasteiger partial charge in [0.25, 0.3) is 0 Å². The Balaban J connectivity index is 2.01. The molecule has 3 heteroatoms. The maximum Gasteiger partial charge on any atom is 0.143 e. The predicted molar refractivity (Wildman–Crippen MR) is 73.6 cm³/mol. The Bertz CT molecular complexity index is 536. The minimum Gasteiger partial charge on any atom is -0.329 e. The lowest BCUT2D eigenvalue weighted by atomic mass is 9.87. The monoisotopic (exact) mass is 243 g/mol. The number of aromatic nitrogens is 3. The second kappa shape index (κ2) is 4.71. The van der Waals surface area contributed by atoms with Crippen LogP contribution in [0, 0.1) is 5.92 Å². The van der Waals surface area contributed by atoms with Crippen molar-refractivity contribution in [3.63, 3.8) is 0 Å². The highest BCUT2D eigenvalue weighted by Crippen LogP contribution is 2.34. The van der Waals surface area contributed by atoms with Gasteiger partial charge in [-0.25, -0.2) is 9.97 Å². The molecule has 0 amide bonds. The van der Waals surface area contributed by atoms with E-state index in [0.717, 1.165) is 18.0 Å². The Morgan fingerprint density at radius 3 is 2.78 bits per heavy atom. The van der Waals surface area contributed by atoms with Crippen molar-refractivity contribution < 1.29 is 0 Å². The van der Waals surface area contributed by atoms with Gasteiger partial charge in [-0.3, -0.25) is 0 Å². The molecule has 0 unspecified atom stereocenters. The SMILES string of the molecule is CCc1cn(C2CCC(C)CC2)c2ncncc12. The summed E-state index contributed by atoms with van der Waals surface area (Å²) in [5, 5.41) is 1.23. The molecule has 96 valence electrons. The molecule has 0 aromatic carbocycles. The van der Waals surface area contributed by atoms with Crippen LogP contribution in [0.1, 0.15) is 51.1 Å². The number of hydrogen-bond acceptors (Lipinski definition) is 2. The first-order chi connectivity index (χ1) is 8.79. The van der Waals surface area contributed by atoms with E-state index in [1.807, 2.05) is 6.20 Å². The van der Waals surface area contributed by atoms with Crippen LogP contribution in [0.25, 0.3) is 11.0 Å². The zero-order chi connectivity index (χ0) is 12.5. The highest BCUT2D eigenvalue weighted by molar-refractivity contribution is 5.79. The summed E-state index contributed by atoms with van der Waals surface area (Å²) in [7, 11) is 0. The quantitative estimate of drug-likeness (QED) is 0.804. The molecule has 0 aliphatic heterocycles. The first-order valence-corrected chi connectivity index (χ1v) is 7.09. The third-order valence-electron chi connectivity index (χ3n) is 4.34. The third kappa shape index (κ3) is 1.92. The molecule has 1 aliphatic carbocycles. The summed E-state index contributed by atoms with van der Waals surface area (Å²) < 4.78 is 2.40. The van der Waals surface area contributed by atoms with E-state index in [0.29, 0.717) is 6.04 Å². The summed E-state index contributed by atoms with van der Waals surface area (Å²) in [5.74, 6) is 0.892. The second-order valence-electron chi connectivity index (χ2n) is 5.59. The van der Waals surface area contributed by atoms with E-state index in [4.69, 9.17) is 0 Å². The molecule has 2 heterocycles. The summed E-state index contributed by atoms with van der Waals surface area (Å²) in [5.41, 5.74) is 2.51. The van der Waals surface area contributed by atoms with Crippen molar-refractivity contribution in [3.8, 4) is 0 Å². The Morgan fingerprint density at radius 2 is 2.06 bits per heavy atom. The van der Waals surface area contributed by atoms with Gasteiger partial charge in [-0.15, -0.1) is 0 Å². The van der Waals surface area contributed by atoms with Crippen LogP contribution in [-0.4, -0.2) is 14.5 Å². The topological polar surface area (TPSA) is 30.7 Å². The van der Waals surface area contributed by atoms with Crippen LogP contribution < -0.4 is 0 Å². The van der Waals surface area contributed by atoms with E-state index < -0.39 is 0 Å². The first kappa shape index (κ1) is 11.7. The fraction of sp³-hybridized carbons (Fsp3) is 0.600. The highest BCUT2D eigenvalue weighted by Gasteiger charge is 2.22. The molecule has 1 fully saturated rings. The lowest BCUT2D eigenvalue weighted by molar-refractivity contribution is 0.293. The maximum absolute atomic E-state index is 4.50. The lowest BCUT2D eigenvalue weighted by Gasteiger charge is -2.27. The fourth-order valence-electron chi connectivity index (χ4n) is 3.13. The van der Waals surface area contributed by atoms with Gasteiger partial charge in [0.1, 0.15) is 12.0 Å². The number of hydrogen-bond donors (Lipinski definition) is 0. The van der Waals surface area contributed by atoms with Crippen molar-refractivity contribution in [3.05, 3.63) is 24.3 Å². The summed E-state index contributed by atoms with van der Waals surface area (Å²) >= 11 is 0. The number of fused-ring (bicyclic) bond motifs is 1. The highest BCUT2D eigenvalue weighted by atomic mass is 15.1. The molecule has 0 radical (unpaired) electrons. The molecule has 0 atom stereocenters. The van der Waals surface area contributed by atoms with Gasteiger partial charge in [0.15, 0.2) is 0 Å². The van der Waals surface area contributed by atoms with Gasteiger partial charge >= 0.3 is 0 Å². The van der Waals surface area contributed by atoms with E-state index in [1.54, 1.807) is 6.33 Å². The smallest absolute Gasteiger partial charge is 0.143 e. The minimum atomic E-state index is 0.638. The summed E-state index contributed by atoms with van der Waals surface area (Å²) in [4.78, 5) is 8.66. The molecule has 0 bridgehead atoms. The number of nitrogens with zero attached hydrogens (tertiary/aromatic N) is 3. The van der Waals surface area contributed by atoms with Gasteiger partial charge < -0.3 is 4.57 Å². The zero-order valence-electron chi connectivity index (χ0n) is 11.3. The molecule has 0 spiro atoms. The van der Waals surface area contributed by atoms with E-state index in [-0.39, 0.29) is 0 Å². The van der Waals surface area contributed by atoms with Crippen LogP contribution in [0.2, 0.25) is 0 Å². The molecule has 18 heavy (non-hydrogen) atoms. The van der Waals surface area contributed by atoms with E-state index in [1.165, 1.54) is 36.6 Å². The molecule has 1 aliphatic rings. The summed E-state index contributed by atoms with van der Waals surface area (Å²) in [6.07, 6.45) is 12.3. The third-order valence-corrected chi connectivity index (χ3v) is 4.34. The van der Waals surface area contributed by atoms with E-state index in [9.17, 15) is 0 Å². The van der Waals surface area contributed by atoms with Gasteiger partial charge in [0.05, 0.1) is 0 Å². The largest absolute Gasteiger partial charge is 0.329 e. The van der Waals surface area contributed by atoms with Gasteiger partial charge in [0.2, 0.25) is 0 Å². The predicted octanol–water partition coefficient (Wildman–Crippen LogP) is 3.74. The van der Waals surface area contributed by atoms with E-state index >= 15 is 0 Å². The van der Waals surface area contributed by atoms with Gasteiger partial charge in [-0.2, -0.15) is 0 Å². The Morgan fingerprint density at radius 1 is 1.28 bits per heavy atom. The van der Waals surface area contributed by atoms with Crippen LogP contribution in [0.15, 0.2) is 18.7 Å². The standard InChI is InChI=1S/C15H21N3/c1-3-12-9-18(13-6-4-11(2)5-7-13)15-14(12)8-16-10-17-15/h8-11,13H,3-7H2,1-2H3. The van der Waals surface area contributed by atoms with Crippen molar-refractivity contribution in [2.24, 2.45) is 5.92 Å². The number of aryl methyl sites for hydroxylation is 1. The maximum atomic E-state index is 4.50. The Hall–Kier alpha value is -1.38. The minimum absolute atomic E-state index is 0.638. The van der Waals surface area contributed by atoms with Crippen molar-refractivity contribution in [1.29, 1.82) is 0 Å². The molecule has 2 aromatic heterocycles. The molecule has 1 saturated carbocycles. The molecule has 0 N–H and O–H groups in total. The van der Waals surface area contributed by atoms with Crippen LogP contribution in [0.3, 0.4) is 0 Å². The van der Waals surface area contributed by atoms with Gasteiger partial charge in [-0.1, -0.05) is 13.8 Å². The zero-order valence-corrected chi connectivity index (χ0v) is 11.3. The van der Waals surface area contributed by atoms with Crippen LogP contribution in [0.4, 0.5) is 0 Å². The lowest BCUT2D eigenvalue weighted by Crippen LogP contribution is -2.16. The summed E-state index contributed by atoms with van der Waals surface area (Å²) in [6.45, 7) is 4.57. The molecule has 3 nitrogen and oxygen atoms in total. The normalized spacial score (nSPS) is 24.6. The molecular formula is C15H21N3. The second-order valence-corrected chi connectivity index (χ2v) is 5.59. The average Bonchev–Trinajstić information content (AvgIpc) is 2.79. The van der Waals surface area contributed by atoms with Crippen LogP contribution >= 0.6 is 0 Å². The molecular weight excluding hydrogens is 222 g/mol. The average molecular weight is 243 g/mol. The first-order valence-electron chi connectivity index (χ1n) is 7.09. The van der Waals surface area contributed by atoms with Crippen molar-refractivity contribution >= 4 is 11.0 Å². The Kier molecular flexibility index (Phi) is 3.06. The van der Waals surface area contributed by atoms with Crippen molar-refractivity contribution in [1.82, 2.24) is 14.5 Å². The van der Waals surface area contributed by atoms with Crippen LogP contribution in [-0.2, 0) is 6.42 Å². The summed E-state index contributed by atoms with van der Waals surface area (Å²) in [6, 6.07) is 0.638. The molecule has 2 aromatic rings. The van der Waals surface area contributed by atoms with Crippen LogP contribution in [0.5, 0.6) is 0 Å². The molecule has 0 saturated heterocycles. The molecule has 3 rings (SSSR count). The van der Waals surface area contributed by atoms with Gasteiger partial charge in [0, 0.05) is 23.8 Å².